The van der Waals surface area contributed by atoms with Crippen LogP contribution in [0.5, 0.6) is 17.2 Å². The van der Waals surface area contributed by atoms with Gasteiger partial charge in [0.15, 0.2) is 18.1 Å². The van der Waals surface area contributed by atoms with E-state index in [0.29, 0.717) is 18.8 Å². The van der Waals surface area contributed by atoms with Crippen molar-refractivity contribution in [1.82, 2.24) is 9.80 Å². The Morgan fingerprint density at radius 1 is 1.07 bits per heavy atom. The van der Waals surface area contributed by atoms with E-state index in [2.05, 4.69) is 24.0 Å². The number of hydrogen-bond acceptors (Lipinski definition) is 5. The Balaban J connectivity index is 1.49. The average Bonchev–Trinajstić information content (AvgIpc) is 2.72. The molecule has 1 saturated heterocycles. The fourth-order valence-electron chi connectivity index (χ4n) is 3.26. The van der Waals surface area contributed by atoms with Gasteiger partial charge in [-0.3, -0.25) is 9.69 Å². The molecule has 0 aliphatic carbocycles. The standard InChI is InChI=1S/C21H26N2O4/c1-16(17-7-9-18(26-2)10-8-17)22-11-13-23(14-12-22)21(25)15-27-20-6-4-3-5-19(20)24/h3-10,16,24H,11-15H2,1-2H3. The van der Waals surface area contributed by atoms with E-state index in [1.165, 1.54) is 5.56 Å². The number of ether oxygens (including phenoxy) is 2. The van der Waals surface area contributed by atoms with Crippen LogP contribution in [0.4, 0.5) is 0 Å². The van der Waals surface area contributed by atoms with Crippen LogP contribution in [0, 0.1) is 0 Å². The van der Waals surface area contributed by atoms with E-state index in [1.54, 1.807) is 31.4 Å². The number of para-hydroxylation sites is 2. The Hall–Kier alpha value is -2.73. The largest absolute Gasteiger partial charge is 0.504 e. The Kier molecular flexibility index (Phi) is 6.19. The molecule has 1 aliphatic heterocycles. The van der Waals surface area contributed by atoms with Gasteiger partial charge in [0.1, 0.15) is 5.75 Å². The zero-order valence-corrected chi connectivity index (χ0v) is 15.8. The number of methoxy groups -OCH3 is 1. The number of hydrogen-bond donors (Lipinski definition) is 1. The second kappa shape index (κ2) is 8.77. The van der Waals surface area contributed by atoms with Gasteiger partial charge in [-0.2, -0.15) is 0 Å². The van der Waals surface area contributed by atoms with Crippen molar-refractivity contribution in [2.24, 2.45) is 0 Å². The summed E-state index contributed by atoms with van der Waals surface area (Å²) in [7, 11) is 1.66. The predicted molar refractivity (Wildman–Crippen MR) is 103 cm³/mol. The van der Waals surface area contributed by atoms with Crippen LogP contribution in [-0.4, -0.2) is 60.7 Å². The topological polar surface area (TPSA) is 62.2 Å². The summed E-state index contributed by atoms with van der Waals surface area (Å²) in [6, 6.07) is 15.1. The summed E-state index contributed by atoms with van der Waals surface area (Å²) in [5.41, 5.74) is 1.23. The van der Waals surface area contributed by atoms with Crippen molar-refractivity contribution < 1.29 is 19.4 Å². The lowest BCUT2D eigenvalue weighted by Crippen LogP contribution is -2.50. The number of carbonyl (C=O) groups excluding carboxylic acids is 1. The van der Waals surface area contributed by atoms with Gasteiger partial charge >= 0.3 is 0 Å². The summed E-state index contributed by atoms with van der Waals surface area (Å²) >= 11 is 0. The van der Waals surface area contributed by atoms with E-state index in [0.717, 1.165) is 18.8 Å². The molecule has 0 aromatic heterocycles. The first kappa shape index (κ1) is 19.0. The molecule has 0 bridgehead atoms. The van der Waals surface area contributed by atoms with Crippen LogP contribution in [0.1, 0.15) is 18.5 Å². The van der Waals surface area contributed by atoms with E-state index >= 15 is 0 Å². The Morgan fingerprint density at radius 2 is 1.74 bits per heavy atom. The van der Waals surface area contributed by atoms with E-state index in [9.17, 15) is 9.90 Å². The summed E-state index contributed by atoms with van der Waals surface area (Å²) in [6.07, 6.45) is 0. The third-order valence-electron chi connectivity index (χ3n) is 5.03. The van der Waals surface area contributed by atoms with E-state index in [1.807, 2.05) is 17.0 Å². The molecule has 3 rings (SSSR count). The third-order valence-corrected chi connectivity index (χ3v) is 5.03. The predicted octanol–water partition coefficient (Wildman–Crippen LogP) is 2.69. The third kappa shape index (κ3) is 4.71. The second-order valence-electron chi connectivity index (χ2n) is 6.62. The molecule has 1 fully saturated rings. The second-order valence-corrected chi connectivity index (χ2v) is 6.62. The van der Waals surface area contributed by atoms with E-state index in [-0.39, 0.29) is 24.3 Å². The smallest absolute Gasteiger partial charge is 0.260 e. The van der Waals surface area contributed by atoms with Crippen molar-refractivity contribution >= 4 is 5.91 Å². The van der Waals surface area contributed by atoms with Crippen LogP contribution in [0.25, 0.3) is 0 Å². The Labute approximate surface area is 159 Å². The quantitative estimate of drug-likeness (QED) is 0.847. The zero-order valence-electron chi connectivity index (χ0n) is 15.8. The molecule has 1 heterocycles. The van der Waals surface area contributed by atoms with E-state index in [4.69, 9.17) is 9.47 Å². The Bertz CT molecular complexity index is 755. The number of phenols is 1. The molecule has 1 unspecified atom stereocenters. The van der Waals surface area contributed by atoms with Gasteiger partial charge in [0, 0.05) is 32.2 Å². The molecular formula is C21H26N2O4. The maximum absolute atomic E-state index is 12.4. The van der Waals surface area contributed by atoms with Crippen molar-refractivity contribution in [3.63, 3.8) is 0 Å². The van der Waals surface area contributed by atoms with Gasteiger partial charge in [-0.25, -0.2) is 0 Å². The van der Waals surface area contributed by atoms with Crippen LogP contribution in [-0.2, 0) is 4.79 Å². The Morgan fingerprint density at radius 3 is 2.37 bits per heavy atom. The number of aromatic hydroxyl groups is 1. The fourth-order valence-corrected chi connectivity index (χ4v) is 3.26. The summed E-state index contributed by atoms with van der Waals surface area (Å²) < 4.78 is 10.7. The molecule has 2 aromatic carbocycles. The fraction of sp³-hybridized carbons (Fsp3) is 0.381. The van der Waals surface area contributed by atoms with E-state index < -0.39 is 0 Å². The molecule has 6 nitrogen and oxygen atoms in total. The molecule has 2 aromatic rings. The first-order chi connectivity index (χ1) is 13.1. The van der Waals surface area contributed by atoms with Crippen LogP contribution in [0.2, 0.25) is 0 Å². The van der Waals surface area contributed by atoms with Gasteiger partial charge in [0.25, 0.3) is 5.91 Å². The van der Waals surface area contributed by atoms with Crippen LogP contribution < -0.4 is 9.47 Å². The molecule has 1 amide bonds. The van der Waals surface area contributed by atoms with Gasteiger partial charge in [0.05, 0.1) is 7.11 Å². The number of phenolic OH excluding ortho intramolecular Hbond substituents is 1. The van der Waals surface area contributed by atoms with Crippen LogP contribution in [0.15, 0.2) is 48.5 Å². The van der Waals surface area contributed by atoms with Gasteiger partial charge in [-0.05, 0) is 36.8 Å². The van der Waals surface area contributed by atoms with Gasteiger partial charge in [-0.15, -0.1) is 0 Å². The maximum Gasteiger partial charge on any atom is 0.260 e. The van der Waals surface area contributed by atoms with Crippen LogP contribution >= 0.6 is 0 Å². The summed E-state index contributed by atoms with van der Waals surface area (Å²) in [6.45, 7) is 5.09. The van der Waals surface area contributed by atoms with Gasteiger partial charge in [-0.1, -0.05) is 24.3 Å². The van der Waals surface area contributed by atoms with Gasteiger partial charge in [0.2, 0.25) is 0 Å². The SMILES string of the molecule is COc1ccc(C(C)N2CCN(C(=O)COc3ccccc3O)CC2)cc1. The number of benzene rings is 2. The number of rotatable bonds is 6. The molecule has 0 radical (unpaired) electrons. The zero-order chi connectivity index (χ0) is 19.2. The molecular weight excluding hydrogens is 344 g/mol. The monoisotopic (exact) mass is 370 g/mol. The molecule has 144 valence electrons. The number of piperazine rings is 1. The van der Waals surface area contributed by atoms with Crippen molar-refractivity contribution in [2.45, 2.75) is 13.0 Å². The highest BCUT2D eigenvalue weighted by molar-refractivity contribution is 5.78. The molecule has 1 aliphatic rings. The lowest BCUT2D eigenvalue weighted by molar-refractivity contribution is -0.135. The molecule has 1 atom stereocenters. The highest BCUT2D eigenvalue weighted by atomic mass is 16.5. The molecule has 27 heavy (non-hydrogen) atoms. The highest BCUT2D eigenvalue weighted by Gasteiger charge is 2.25. The lowest BCUT2D eigenvalue weighted by Gasteiger charge is -2.38. The molecule has 6 heteroatoms. The van der Waals surface area contributed by atoms with Crippen molar-refractivity contribution in [1.29, 1.82) is 0 Å². The number of carbonyl (C=O) groups is 1. The molecule has 0 spiro atoms. The first-order valence-electron chi connectivity index (χ1n) is 9.15. The number of nitrogens with zero attached hydrogens (tertiary/aromatic N) is 2. The minimum absolute atomic E-state index is 0.0448. The lowest BCUT2D eigenvalue weighted by atomic mass is 10.1. The first-order valence-corrected chi connectivity index (χ1v) is 9.15. The summed E-state index contributed by atoms with van der Waals surface area (Å²) in [4.78, 5) is 16.6. The maximum atomic E-state index is 12.4. The summed E-state index contributed by atoms with van der Waals surface area (Å²) in [5, 5.41) is 9.71. The molecule has 0 saturated carbocycles. The summed E-state index contributed by atoms with van der Waals surface area (Å²) in [5.74, 6) is 1.17. The van der Waals surface area contributed by atoms with Crippen molar-refractivity contribution in [3.8, 4) is 17.2 Å². The highest BCUT2D eigenvalue weighted by Crippen LogP contribution is 2.25. The van der Waals surface area contributed by atoms with Crippen LogP contribution in [0.3, 0.4) is 0 Å². The molecule has 1 N–H and O–H groups in total. The number of amides is 1. The average molecular weight is 370 g/mol. The van der Waals surface area contributed by atoms with Crippen molar-refractivity contribution in [3.05, 3.63) is 54.1 Å². The minimum Gasteiger partial charge on any atom is -0.504 e. The van der Waals surface area contributed by atoms with Crippen molar-refractivity contribution in [2.75, 3.05) is 39.9 Å². The normalized spacial score (nSPS) is 16.0. The van der Waals surface area contributed by atoms with Gasteiger partial charge < -0.3 is 19.5 Å². The minimum atomic E-state index is -0.0639.